The molecular weight excluding hydrogens is 256 g/mol. The molecule has 0 aliphatic carbocycles. The zero-order valence-corrected chi connectivity index (χ0v) is 10.9. The first-order valence-corrected chi connectivity index (χ1v) is 6.52. The summed E-state index contributed by atoms with van der Waals surface area (Å²) in [5.41, 5.74) is 1.30. The minimum atomic E-state index is -0.408. The van der Waals surface area contributed by atoms with Gasteiger partial charge in [0, 0.05) is 25.0 Å². The summed E-state index contributed by atoms with van der Waals surface area (Å²) in [6, 6.07) is 9.19. The van der Waals surface area contributed by atoms with Crippen LogP contribution in [0.25, 0.3) is 11.0 Å². The highest BCUT2D eigenvalue weighted by molar-refractivity contribution is 5.86. The van der Waals surface area contributed by atoms with Crippen molar-refractivity contribution in [2.45, 2.75) is 12.5 Å². The van der Waals surface area contributed by atoms with Crippen molar-refractivity contribution >= 4 is 16.9 Å². The lowest BCUT2D eigenvalue weighted by Gasteiger charge is -2.31. The van der Waals surface area contributed by atoms with Crippen molar-refractivity contribution in [3.63, 3.8) is 0 Å². The Morgan fingerprint density at radius 1 is 1.55 bits per heavy atom. The van der Waals surface area contributed by atoms with Crippen LogP contribution in [0.2, 0.25) is 0 Å². The highest BCUT2D eigenvalue weighted by Crippen LogP contribution is 2.19. The number of carbonyl (C=O) groups is 1. The molecule has 1 aliphatic heterocycles. The average Bonchev–Trinajstić information content (AvgIpc) is 2.90. The molecule has 0 spiro atoms. The molecule has 102 valence electrons. The highest BCUT2D eigenvalue weighted by atomic mass is 16.5. The number of piperazine rings is 1. The van der Waals surface area contributed by atoms with Crippen LogP contribution in [-0.4, -0.2) is 41.6 Å². The Morgan fingerprint density at radius 2 is 2.40 bits per heavy atom. The Hall–Kier alpha value is -2.39. The zero-order chi connectivity index (χ0) is 13.9. The van der Waals surface area contributed by atoms with Gasteiger partial charge in [0.2, 0.25) is 5.91 Å². The third kappa shape index (κ3) is 2.24. The topological polar surface area (TPSA) is 82.2 Å². The van der Waals surface area contributed by atoms with Crippen LogP contribution >= 0.6 is 0 Å². The van der Waals surface area contributed by atoms with Gasteiger partial charge in [0.25, 0.3) is 0 Å². The summed E-state index contributed by atoms with van der Waals surface area (Å²) in [7, 11) is 0. The zero-order valence-electron chi connectivity index (χ0n) is 10.9. The maximum Gasteiger partial charge on any atom is 0.229 e. The molecule has 20 heavy (non-hydrogen) atoms. The average molecular weight is 270 g/mol. The molecule has 1 aliphatic rings. The molecule has 0 saturated carbocycles. The van der Waals surface area contributed by atoms with Gasteiger partial charge in [-0.1, -0.05) is 17.3 Å². The Balaban J connectivity index is 1.80. The molecular formula is C14H14N4O2. The second kappa shape index (κ2) is 5.31. The fraction of sp³-hybridized carbons (Fsp3) is 0.357. The van der Waals surface area contributed by atoms with Gasteiger partial charge in [-0.05, 0) is 12.1 Å². The predicted octanol–water partition coefficient (Wildman–Crippen LogP) is 0.694. The first kappa shape index (κ1) is 12.6. The molecule has 0 radical (unpaired) electrons. The first-order chi connectivity index (χ1) is 9.79. The van der Waals surface area contributed by atoms with Gasteiger partial charge in [-0.25, -0.2) is 0 Å². The molecule has 1 fully saturated rings. The largest absolute Gasteiger partial charge is 0.356 e. The quantitative estimate of drug-likeness (QED) is 0.868. The van der Waals surface area contributed by atoms with Crippen LogP contribution in [0.1, 0.15) is 5.69 Å². The van der Waals surface area contributed by atoms with Crippen LogP contribution in [0.15, 0.2) is 28.8 Å². The maximum absolute atomic E-state index is 12.3. The number of nitrogens with one attached hydrogen (secondary N) is 1. The van der Waals surface area contributed by atoms with E-state index in [1.165, 1.54) is 0 Å². The van der Waals surface area contributed by atoms with E-state index in [1.54, 1.807) is 4.90 Å². The fourth-order valence-corrected chi connectivity index (χ4v) is 2.43. The molecule has 2 heterocycles. The Morgan fingerprint density at radius 3 is 3.25 bits per heavy atom. The second-order valence-corrected chi connectivity index (χ2v) is 4.74. The highest BCUT2D eigenvalue weighted by Gasteiger charge is 2.27. The maximum atomic E-state index is 12.3. The Labute approximate surface area is 115 Å². The van der Waals surface area contributed by atoms with E-state index < -0.39 is 6.04 Å². The lowest BCUT2D eigenvalue weighted by molar-refractivity contribution is -0.132. The lowest BCUT2D eigenvalue weighted by atomic mass is 10.1. The van der Waals surface area contributed by atoms with Crippen LogP contribution in [-0.2, 0) is 11.2 Å². The van der Waals surface area contributed by atoms with Gasteiger partial charge in [0.15, 0.2) is 5.58 Å². The molecule has 1 amide bonds. The van der Waals surface area contributed by atoms with Gasteiger partial charge < -0.3 is 14.7 Å². The first-order valence-electron chi connectivity index (χ1n) is 6.52. The van der Waals surface area contributed by atoms with Crippen LogP contribution in [0, 0.1) is 11.3 Å². The van der Waals surface area contributed by atoms with Gasteiger partial charge in [-0.2, -0.15) is 5.26 Å². The number of para-hydroxylation sites is 1. The van der Waals surface area contributed by atoms with E-state index in [4.69, 9.17) is 9.78 Å². The van der Waals surface area contributed by atoms with E-state index in [-0.39, 0.29) is 12.3 Å². The van der Waals surface area contributed by atoms with E-state index in [1.807, 2.05) is 24.3 Å². The number of hydrogen-bond donors (Lipinski definition) is 1. The number of hydrogen-bond acceptors (Lipinski definition) is 5. The lowest BCUT2D eigenvalue weighted by Crippen LogP contribution is -2.53. The summed E-state index contributed by atoms with van der Waals surface area (Å²) in [5, 5.41) is 17.0. The van der Waals surface area contributed by atoms with Crippen molar-refractivity contribution in [2.75, 3.05) is 19.6 Å². The van der Waals surface area contributed by atoms with Crippen molar-refractivity contribution in [3.8, 4) is 6.07 Å². The summed E-state index contributed by atoms with van der Waals surface area (Å²) in [4.78, 5) is 14.0. The molecule has 0 bridgehead atoms. The van der Waals surface area contributed by atoms with Crippen molar-refractivity contribution in [1.29, 1.82) is 5.26 Å². The summed E-state index contributed by atoms with van der Waals surface area (Å²) in [6.45, 7) is 1.78. The van der Waals surface area contributed by atoms with Crippen molar-refractivity contribution in [2.24, 2.45) is 0 Å². The molecule has 1 aromatic carbocycles. The number of nitriles is 1. The number of nitrogens with zero attached hydrogens (tertiary/aromatic N) is 3. The fourth-order valence-electron chi connectivity index (χ4n) is 2.43. The minimum absolute atomic E-state index is 0.0860. The van der Waals surface area contributed by atoms with Gasteiger partial charge in [-0.15, -0.1) is 0 Å². The van der Waals surface area contributed by atoms with Gasteiger partial charge in [0.1, 0.15) is 11.7 Å². The van der Waals surface area contributed by atoms with Crippen molar-refractivity contribution in [1.82, 2.24) is 15.4 Å². The van der Waals surface area contributed by atoms with Gasteiger partial charge in [0.05, 0.1) is 12.5 Å². The summed E-state index contributed by atoms with van der Waals surface area (Å²) in [6.07, 6.45) is 0.162. The molecule has 1 unspecified atom stereocenters. The third-order valence-corrected chi connectivity index (χ3v) is 3.48. The smallest absolute Gasteiger partial charge is 0.229 e. The number of carbonyl (C=O) groups excluding carboxylic acids is 1. The van der Waals surface area contributed by atoms with Crippen LogP contribution in [0.4, 0.5) is 0 Å². The van der Waals surface area contributed by atoms with Gasteiger partial charge >= 0.3 is 0 Å². The van der Waals surface area contributed by atoms with E-state index in [0.29, 0.717) is 30.9 Å². The summed E-state index contributed by atoms with van der Waals surface area (Å²) < 4.78 is 5.19. The number of amides is 1. The number of benzene rings is 1. The number of rotatable bonds is 2. The Kier molecular flexibility index (Phi) is 3.35. The standard InChI is InChI=1S/C14H14N4O2/c15-8-10-9-16-5-6-18(10)14(19)7-12-11-3-1-2-4-13(11)20-17-12/h1-4,10,16H,5-7,9H2. The predicted molar refractivity (Wildman–Crippen MR) is 71.7 cm³/mol. The van der Waals surface area contributed by atoms with E-state index in [2.05, 4.69) is 16.5 Å². The van der Waals surface area contributed by atoms with E-state index in [9.17, 15) is 4.79 Å². The van der Waals surface area contributed by atoms with Crippen molar-refractivity contribution < 1.29 is 9.32 Å². The van der Waals surface area contributed by atoms with Crippen LogP contribution in [0.5, 0.6) is 0 Å². The van der Waals surface area contributed by atoms with Crippen LogP contribution < -0.4 is 5.32 Å². The normalized spacial score (nSPS) is 18.9. The molecule has 1 atom stereocenters. The minimum Gasteiger partial charge on any atom is -0.356 e. The third-order valence-electron chi connectivity index (χ3n) is 3.48. The summed E-state index contributed by atoms with van der Waals surface area (Å²) >= 11 is 0. The Bertz CT molecular complexity index is 673. The molecule has 6 nitrogen and oxygen atoms in total. The molecule has 1 saturated heterocycles. The van der Waals surface area contributed by atoms with E-state index >= 15 is 0 Å². The summed E-state index contributed by atoms with van der Waals surface area (Å²) in [5.74, 6) is -0.0860. The molecule has 3 rings (SSSR count). The SMILES string of the molecule is N#CC1CNCCN1C(=O)Cc1noc2ccccc12. The second-order valence-electron chi connectivity index (χ2n) is 4.74. The van der Waals surface area contributed by atoms with Crippen molar-refractivity contribution in [3.05, 3.63) is 30.0 Å². The molecule has 1 aromatic heterocycles. The van der Waals surface area contributed by atoms with Crippen LogP contribution in [0.3, 0.4) is 0 Å². The van der Waals surface area contributed by atoms with Gasteiger partial charge in [-0.3, -0.25) is 4.79 Å². The van der Waals surface area contributed by atoms with E-state index in [0.717, 1.165) is 5.39 Å². The molecule has 2 aromatic rings. The number of fused-ring (bicyclic) bond motifs is 1. The number of aromatic nitrogens is 1. The monoisotopic (exact) mass is 270 g/mol. The molecule has 1 N–H and O–H groups in total. The molecule has 6 heteroatoms.